The van der Waals surface area contributed by atoms with Crippen LogP contribution in [0.5, 0.6) is 0 Å². The third-order valence-corrected chi connectivity index (χ3v) is 4.81. The van der Waals surface area contributed by atoms with E-state index in [0.717, 1.165) is 11.3 Å². The van der Waals surface area contributed by atoms with Gasteiger partial charge < -0.3 is 9.40 Å². The number of ketones is 1. The summed E-state index contributed by atoms with van der Waals surface area (Å²) in [5, 5.41) is 0.449. The predicted molar refractivity (Wildman–Crippen MR) is 102 cm³/mol. The number of furan rings is 1. The van der Waals surface area contributed by atoms with Crippen LogP contribution in [0.2, 0.25) is 0 Å². The topological polar surface area (TPSA) is 76.0 Å². The van der Waals surface area contributed by atoms with Gasteiger partial charge in [0.25, 0.3) is 5.56 Å². The number of carbonyl (C=O) groups is 1. The monoisotopic (exact) mass is 368 g/mol. The number of hydrogen-bond donors (Lipinski definition) is 1. The lowest BCUT2D eigenvalue weighted by molar-refractivity contribution is 0.0992. The van der Waals surface area contributed by atoms with Crippen LogP contribution < -0.4 is 5.56 Å². The van der Waals surface area contributed by atoms with Crippen molar-refractivity contribution < 1.29 is 9.21 Å². The molecule has 0 atom stereocenters. The molecule has 0 saturated carbocycles. The second kappa shape index (κ2) is 8.19. The zero-order chi connectivity index (χ0) is 18.5. The van der Waals surface area contributed by atoms with E-state index >= 15 is 0 Å². The van der Waals surface area contributed by atoms with Crippen LogP contribution >= 0.6 is 11.8 Å². The Morgan fingerprint density at radius 3 is 2.62 bits per heavy atom. The van der Waals surface area contributed by atoms with E-state index in [-0.39, 0.29) is 23.0 Å². The van der Waals surface area contributed by atoms with Crippen molar-refractivity contribution >= 4 is 17.5 Å². The van der Waals surface area contributed by atoms with Gasteiger partial charge in [0.2, 0.25) is 5.78 Å². The van der Waals surface area contributed by atoms with Crippen LogP contribution in [0.1, 0.15) is 47.1 Å². The van der Waals surface area contributed by atoms with Crippen LogP contribution in [-0.4, -0.2) is 21.5 Å². The van der Waals surface area contributed by atoms with Crippen LogP contribution in [0, 0.1) is 0 Å². The summed E-state index contributed by atoms with van der Waals surface area (Å²) in [5.41, 5.74) is 2.39. The van der Waals surface area contributed by atoms with Crippen molar-refractivity contribution in [3.8, 4) is 0 Å². The van der Waals surface area contributed by atoms with Gasteiger partial charge in [-0.2, -0.15) is 0 Å². The standard InChI is InChI=1S/C20H20N2O3S/c1-13(2)18-15(11-14-7-4-3-5-8-14)21-20(22-19(18)24)26-12-16(23)17-9-6-10-25-17/h3-10,13H,11-12H2,1-2H3,(H,21,22,24). The summed E-state index contributed by atoms with van der Waals surface area (Å²) in [6.07, 6.45) is 2.05. The number of aromatic nitrogens is 2. The van der Waals surface area contributed by atoms with Gasteiger partial charge in [-0.3, -0.25) is 9.59 Å². The first-order valence-electron chi connectivity index (χ1n) is 8.41. The average Bonchev–Trinajstić information content (AvgIpc) is 3.14. The molecule has 134 valence electrons. The molecule has 3 rings (SSSR count). The highest BCUT2D eigenvalue weighted by Gasteiger charge is 2.17. The maximum absolute atomic E-state index is 12.6. The van der Waals surface area contributed by atoms with E-state index in [1.54, 1.807) is 12.1 Å². The van der Waals surface area contributed by atoms with Gasteiger partial charge in [-0.15, -0.1) is 0 Å². The van der Waals surface area contributed by atoms with Crippen molar-refractivity contribution in [1.82, 2.24) is 9.97 Å². The molecule has 0 spiro atoms. The molecule has 0 saturated heterocycles. The molecule has 1 aromatic carbocycles. The second-order valence-electron chi connectivity index (χ2n) is 6.24. The molecule has 1 N–H and O–H groups in total. The summed E-state index contributed by atoms with van der Waals surface area (Å²) in [5.74, 6) is 0.388. The number of H-pyrrole nitrogens is 1. The minimum atomic E-state index is -0.145. The molecule has 2 aromatic heterocycles. The molecule has 0 bridgehead atoms. The van der Waals surface area contributed by atoms with Crippen LogP contribution in [0.4, 0.5) is 0 Å². The third-order valence-electron chi connectivity index (χ3n) is 3.94. The molecule has 0 aliphatic rings. The Morgan fingerprint density at radius 2 is 1.96 bits per heavy atom. The molecule has 0 unspecified atom stereocenters. The van der Waals surface area contributed by atoms with Crippen molar-refractivity contribution in [2.45, 2.75) is 31.3 Å². The van der Waals surface area contributed by atoms with E-state index in [1.807, 2.05) is 44.2 Å². The lowest BCUT2D eigenvalue weighted by Gasteiger charge is -2.12. The minimum absolute atomic E-state index is 0.0637. The first-order chi connectivity index (χ1) is 12.5. The Bertz CT molecular complexity index is 931. The van der Waals surface area contributed by atoms with E-state index < -0.39 is 0 Å². The molecule has 0 fully saturated rings. The van der Waals surface area contributed by atoms with Crippen LogP contribution in [0.15, 0.2) is 63.1 Å². The van der Waals surface area contributed by atoms with E-state index in [0.29, 0.717) is 22.9 Å². The molecule has 0 radical (unpaired) electrons. The number of Topliss-reactive ketones (excluding diaryl/α,β-unsaturated/α-hetero) is 1. The fourth-order valence-electron chi connectivity index (χ4n) is 2.74. The van der Waals surface area contributed by atoms with E-state index in [1.165, 1.54) is 18.0 Å². The zero-order valence-corrected chi connectivity index (χ0v) is 15.5. The molecular formula is C20H20N2O3S. The van der Waals surface area contributed by atoms with Gasteiger partial charge in [0, 0.05) is 12.0 Å². The fourth-order valence-corrected chi connectivity index (χ4v) is 3.49. The second-order valence-corrected chi connectivity index (χ2v) is 7.20. The summed E-state index contributed by atoms with van der Waals surface area (Å²) >= 11 is 1.21. The molecule has 2 heterocycles. The van der Waals surface area contributed by atoms with E-state index in [4.69, 9.17) is 4.42 Å². The van der Waals surface area contributed by atoms with Gasteiger partial charge in [0.05, 0.1) is 17.7 Å². The summed E-state index contributed by atoms with van der Waals surface area (Å²) in [6, 6.07) is 13.2. The fraction of sp³-hybridized carbons (Fsp3) is 0.250. The lowest BCUT2D eigenvalue weighted by Crippen LogP contribution is -2.20. The maximum Gasteiger partial charge on any atom is 0.255 e. The summed E-state index contributed by atoms with van der Waals surface area (Å²) in [6.45, 7) is 3.96. The Labute approximate surface area is 155 Å². The number of nitrogens with one attached hydrogen (secondary N) is 1. The number of carbonyl (C=O) groups excluding carboxylic acids is 1. The van der Waals surface area contributed by atoms with Crippen LogP contribution in [0.3, 0.4) is 0 Å². The number of nitrogens with zero attached hydrogens (tertiary/aromatic N) is 1. The van der Waals surface area contributed by atoms with Crippen LogP contribution in [0.25, 0.3) is 0 Å². The van der Waals surface area contributed by atoms with Gasteiger partial charge >= 0.3 is 0 Å². The molecule has 0 aliphatic heterocycles. The van der Waals surface area contributed by atoms with Crippen molar-refractivity contribution in [1.29, 1.82) is 0 Å². The Morgan fingerprint density at radius 1 is 1.19 bits per heavy atom. The first kappa shape index (κ1) is 18.2. The van der Waals surface area contributed by atoms with Gasteiger partial charge in [0.15, 0.2) is 10.9 Å². The van der Waals surface area contributed by atoms with Crippen molar-refractivity contribution in [2.75, 3.05) is 5.75 Å². The van der Waals surface area contributed by atoms with Gasteiger partial charge in [-0.05, 0) is 23.6 Å². The highest BCUT2D eigenvalue weighted by molar-refractivity contribution is 7.99. The van der Waals surface area contributed by atoms with Crippen molar-refractivity contribution in [3.63, 3.8) is 0 Å². The number of rotatable bonds is 7. The number of benzene rings is 1. The molecule has 3 aromatic rings. The minimum Gasteiger partial charge on any atom is -0.461 e. The molecule has 26 heavy (non-hydrogen) atoms. The normalized spacial score (nSPS) is 11.0. The van der Waals surface area contributed by atoms with Crippen molar-refractivity contribution in [3.05, 3.63) is 81.7 Å². The Kier molecular flexibility index (Phi) is 5.73. The van der Waals surface area contributed by atoms with Gasteiger partial charge in [0.1, 0.15) is 0 Å². The lowest BCUT2D eigenvalue weighted by atomic mass is 9.99. The van der Waals surface area contributed by atoms with Gasteiger partial charge in [-0.25, -0.2) is 4.98 Å². The average molecular weight is 368 g/mol. The number of thioether (sulfide) groups is 1. The Balaban J connectivity index is 1.85. The summed E-state index contributed by atoms with van der Waals surface area (Å²) < 4.78 is 5.11. The highest BCUT2D eigenvalue weighted by Crippen LogP contribution is 2.21. The molecular weight excluding hydrogens is 348 g/mol. The molecule has 0 amide bonds. The molecule has 6 heteroatoms. The first-order valence-corrected chi connectivity index (χ1v) is 9.39. The van der Waals surface area contributed by atoms with E-state index in [9.17, 15) is 9.59 Å². The van der Waals surface area contributed by atoms with Gasteiger partial charge in [-0.1, -0.05) is 55.9 Å². The SMILES string of the molecule is CC(C)c1c(Cc2ccccc2)nc(SCC(=O)c2ccco2)[nH]c1=O. The van der Waals surface area contributed by atoms with Crippen molar-refractivity contribution in [2.24, 2.45) is 0 Å². The zero-order valence-electron chi connectivity index (χ0n) is 14.7. The summed E-state index contributed by atoms with van der Waals surface area (Å²) in [4.78, 5) is 32.1. The highest BCUT2D eigenvalue weighted by atomic mass is 32.2. The number of hydrogen-bond acceptors (Lipinski definition) is 5. The van der Waals surface area contributed by atoms with E-state index in [2.05, 4.69) is 9.97 Å². The largest absolute Gasteiger partial charge is 0.461 e. The number of aromatic amines is 1. The third kappa shape index (κ3) is 4.32. The quantitative estimate of drug-likeness (QED) is 0.387. The molecule has 5 nitrogen and oxygen atoms in total. The maximum atomic E-state index is 12.6. The summed E-state index contributed by atoms with van der Waals surface area (Å²) in [7, 11) is 0. The van der Waals surface area contributed by atoms with Crippen LogP contribution in [-0.2, 0) is 6.42 Å². The predicted octanol–water partition coefficient (Wildman–Crippen LogP) is 4.05. The Hall–Kier alpha value is -2.60. The molecule has 0 aliphatic carbocycles. The smallest absolute Gasteiger partial charge is 0.255 e.